The normalized spacial score (nSPS) is 12.8. The van der Waals surface area contributed by atoms with Crippen LogP contribution < -0.4 is 0 Å². The minimum Gasteiger partial charge on any atom is -0.123 e. The predicted octanol–water partition coefficient (Wildman–Crippen LogP) is 4.03. The predicted molar refractivity (Wildman–Crippen MR) is 59.3 cm³/mol. The second kappa shape index (κ2) is 6.04. The summed E-state index contributed by atoms with van der Waals surface area (Å²) >= 11 is 6.19. The highest BCUT2D eigenvalue weighted by atomic mass is 35.5. The molecule has 0 spiro atoms. The lowest BCUT2D eigenvalue weighted by Crippen LogP contribution is -2.02. The van der Waals surface area contributed by atoms with Crippen LogP contribution in [0, 0.1) is 0 Å². The van der Waals surface area contributed by atoms with Crippen molar-refractivity contribution < 1.29 is 0 Å². The molecule has 1 atom stereocenters. The lowest BCUT2D eigenvalue weighted by molar-refractivity contribution is 0.674. The summed E-state index contributed by atoms with van der Waals surface area (Å²) in [6, 6.07) is 10.5. The topological polar surface area (TPSA) is 0 Å². The summed E-state index contributed by atoms with van der Waals surface area (Å²) in [5.74, 6) is 0. The molecule has 13 heavy (non-hydrogen) atoms. The summed E-state index contributed by atoms with van der Waals surface area (Å²) in [6.07, 6.45) is 4.61. The molecule has 0 aromatic heterocycles. The molecule has 0 radical (unpaired) electrons. The molecule has 1 rings (SSSR count). The molecular weight excluding hydrogens is 180 g/mol. The van der Waals surface area contributed by atoms with Crippen LogP contribution in [0.3, 0.4) is 0 Å². The first-order valence-corrected chi connectivity index (χ1v) is 5.44. The second-order valence-corrected chi connectivity index (χ2v) is 4.05. The van der Waals surface area contributed by atoms with Gasteiger partial charge in [0, 0.05) is 5.38 Å². The maximum Gasteiger partial charge on any atom is 0.0376 e. The first kappa shape index (κ1) is 10.6. The van der Waals surface area contributed by atoms with Crippen LogP contribution in [0.1, 0.15) is 31.7 Å². The molecule has 0 aliphatic rings. The number of benzene rings is 1. The zero-order valence-corrected chi connectivity index (χ0v) is 8.93. The van der Waals surface area contributed by atoms with E-state index in [1.165, 1.54) is 18.4 Å². The van der Waals surface area contributed by atoms with Gasteiger partial charge in [0.25, 0.3) is 0 Å². The summed E-state index contributed by atoms with van der Waals surface area (Å²) in [7, 11) is 0. The van der Waals surface area contributed by atoms with Crippen molar-refractivity contribution in [2.45, 2.75) is 38.0 Å². The highest BCUT2D eigenvalue weighted by molar-refractivity contribution is 6.20. The van der Waals surface area contributed by atoms with Crippen molar-refractivity contribution in [1.82, 2.24) is 0 Å². The van der Waals surface area contributed by atoms with E-state index in [1.807, 2.05) is 6.07 Å². The summed E-state index contributed by atoms with van der Waals surface area (Å²) in [5.41, 5.74) is 1.35. The number of alkyl halides is 1. The van der Waals surface area contributed by atoms with Crippen molar-refractivity contribution in [2.75, 3.05) is 0 Å². The Kier molecular flexibility index (Phi) is 4.92. The lowest BCUT2D eigenvalue weighted by atomic mass is 10.1. The molecule has 0 saturated heterocycles. The van der Waals surface area contributed by atoms with E-state index in [2.05, 4.69) is 31.2 Å². The number of rotatable bonds is 5. The molecule has 72 valence electrons. The van der Waals surface area contributed by atoms with Crippen LogP contribution in [0.2, 0.25) is 0 Å². The van der Waals surface area contributed by atoms with E-state index in [0.29, 0.717) is 5.38 Å². The summed E-state index contributed by atoms with van der Waals surface area (Å²) in [6.45, 7) is 2.20. The Balaban J connectivity index is 2.32. The van der Waals surface area contributed by atoms with Crippen molar-refractivity contribution in [3.8, 4) is 0 Å². The van der Waals surface area contributed by atoms with E-state index >= 15 is 0 Å². The summed E-state index contributed by atoms with van der Waals surface area (Å²) < 4.78 is 0. The van der Waals surface area contributed by atoms with Gasteiger partial charge in [-0.2, -0.15) is 0 Å². The van der Waals surface area contributed by atoms with Crippen LogP contribution in [-0.4, -0.2) is 5.38 Å². The van der Waals surface area contributed by atoms with Gasteiger partial charge >= 0.3 is 0 Å². The molecule has 1 heteroatoms. The van der Waals surface area contributed by atoms with Crippen LogP contribution in [0.5, 0.6) is 0 Å². The fraction of sp³-hybridized carbons (Fsp3) is 0.500. The minimum absolute atomic E-state index is 0.308. The van der Waals surface area contributed by atoms with Crippen LogP contribution in [0.15, 0.2) is 30.3 Å². The highest BCUT2D eigenvalue weighted by Crippen LogP contribution is 2.13. The van der Waals surface area contributed by atoms with Gasteiger partial charge in [-0.15, -0.1) is 11.6 Å². The molecule has 0 saturated carbocycles. The average molecular weight is 197 g/mol. The average Bonchev–Trinajstić information content (AvgIpc) is 2.16. The standard InChI is InChI=1S/C12H17Cl/c1-2-3-9-12(13)10-11-7-5-4-6-8-11/h4-8,12H,2-3,9-10H2,1H3. The van der Waals surface area contributed by atoms with Crippen molar-refractivity contribution in [3.05, 3.63) is 35.9 Å². The van der Waals surface area contributed by atoms with Gasteiger partial charge in [0.05, 0.1) is 0 Å². The molecule has 0 nitrogen and oxygen atoms in total. The quantitative estimate of drug-likeness (QED) is 0.624. The zero-order chi connectivity index (χ0) is 9.52. The van der Waals surface area contributed by atoms with Gasteiger partial charge in [-0.3, -0.25) is 0 Å². The Labute approximate surface area is 85.9 Å². The third kappa shape index (κ3) is 4.33. The number of unbranched alkanes of at least 4 members (excludes halogenated alkanes) is 1. The van der Waals surface area contributed by atoms with E-state index < -0.39 is 0 Å². The second-order valence-electron chi connectivity index (χ2n) is 3.43. The first-order valence-electron chi connectivity index (χ1n) is 5.01. The first-order chi connectivity index (χ1) is 6.33. The molecule has 0 aliphatic heterocycles. The molecule has 0 aliphatic carbocycles. The Hall–Kier alpha value is -0.490. The van der Waals surface area contributed by atoms with Gasteiger partial charge in [-0.05, 0) is 18.4 Å². The molecule has 0 fully saturated rings. The molecular formula is C12H17Cl. The van der Waals surface area contributed by atoms with Crippen LogP contribution >= 0.6 is 11.6 Å². The van der Waals surface area contributed by atoms with Crippen molar-refractivity contribution in [2.24, 2.45) is 0 Å². The molecule has 1 aromatic carbocycles. The van der Waals surface area contributed by atoms with E-state index in [1.54, 1.807) is 0 Å². The van der Waals surface area contributed by atoms with Gasteiger partial charge in [0.15, 0.2) is 0 Å². The monoisotopic (exact) mass is 196 g/mol. The Morgan fingerprint density at radius 2 is 1.92 bits per heavy atom. The van der Waals surface area contributed by atoms with Gasteiger partial charge in [-0.1, -0.05) is 50.1 Å². The molecule has 1 aromatic rings. The van der Waals surface area contributed by atoms with Crippen LogP contribution in [-0.2, 0) is 6.42 Å². The van der Waals surface area contributed by atoms with Crippen molar-refractivity contribution in [3.63, 3.8) is 0 Å². The zero-order valence-electron chi connectivity index (χ0n) is 8.17. The fourth-order valence-corrected chi connectivity index (χ4v) is 1.73. The van der Waals surface area contributed by atoms with Crippen LogP contribution in [0.25, 0.3) is 0 Å². The molecule has 0 amide bonds. The largest absolute Gasteiger partial charge is 0.123 e. The summed E-state index contributed by atoms with van der Waals surface area (Å²) in [5, 5.41) is 0.308. The smallest absolute Gasteiger partial charge is 0.0376 e. The highest BCUT2D eigenvalue weighted by Gasteiger charge is 2.04. The summed E-state index contributed by atoms with van der Waals surface area (Å²) in [4.78, 5) is 0. The Morgan fingerprint density at radius 3 is 2.54 bits per heavy atom. The number of hydrogen-bond donors (Lipinski definition) is 0. The van der Waals surface area contributed by atoms with E-state index in [4.69, 9.17) is 11.6 Å². The number of halogens is 1. The van der Waals surface area contributed by atoms with E-state index in [9.17, 15) is 0 Å². The lowest BCUT2D eigenvalue weighted by Gasteiger charge is -2.07. The molecule has 0 N–H and O–H groups in total. The maximum absolute atomic E-state index is 6.19. The maximum atomic E-state index is 6.19. The van der Waals surface area contributed by atoms with Crippen molar-refractivity contribution >= 4 is 11.6 Å². The molecule has 0 heterocycles. The molecule has 0 bridgehead atoms. The fourth-order valence-electron chi connectivity index (χ4n) is 1.40. The minimum atomic E-state index is 0.308. The van der Waals surface area contributed by atoms with Gasteiger partial charge < -0.3 is 0 Å². The van der Waals surface area contributed by atoms with E-state index in [-0.39, 0.29) is 0 Å². The van der Waals surface area contributed by atoms with Crippen LogP contribution in [0.4, 0.5) is 0 Å². The number of hydrogen-bond acceptors (Lipinski definition) is 0. The SMILES string of the molecule is CCCCC(Cl)Cc1ccccc1. The van der Waals surface area contributed by atoms with E-state index in [0.717, 1.165) is 12.8 Å². The molecule has 1 unspecified atom stereocenters. The van der Waals surface area contributed by atoms with Gasteiger partial charge in [-0.25, -0.2) is 0 Å². The van der Waals surface area contributed by atoms with Gasteiger partial charge in [0.2, 0.25) is 0 Å². The van der Waals surface area contributed by atoms with Gasteiger partial charge in [0.1, 0.15) is 0 Å². The Morgan fingerprint density at radius 1 is 1.23 bits per heavy atom. The third-order valence-electron chi connectivity index (χ3n) is 2.17. The third-order valence-corrected chi connectivity index (χ3v) is 2.54. The Bertz CT molecular complexity index is 218. The van der Waals surface area contributed by atoms with Crippen molar-refractivity contribution in [1.29, 1.82) is 0 Å².